The smallest absolute Gasteiger partial charge is 0.359 e. The number of ether oxygens (including phenoxy) is 1. The summed E-state index contributed by atoms with van der Waals surface area (Å²) in [5, 5.41) is 4.16. The quantitative estimate of drug-likeness (QED) is 0.835. The summed E-state index contributed by atoms with van der Waals surface area (Å²) in [6.45, 7) is -0.295. The van der Waals surface area contributed by atoms with Crippen LogP contribution in [-0.4, -0.2) is 29.8 Å². The number of carbonyl (C=O) groups excluding carboxylic acids is 1. The molecule has 2 aromatic rings. The van der Waals surface area contributed by atoms with E-state index in [0.717, 1.165) is 11.3 Å². The van der Waals surface area contributed by atoms with Gasteiger partial charge in [-0.3, -0.25) is 10.1 Å². The van der Waals surface area contributed by atoms with Crippen LogP contribution in [0, 0.1) is 5.82 Å². The van der Waals surface area contributed by atoms with Gasteiger partial charge in [0.25, 0.3) is 5.91 Å². The molecule has 4 nitrogen and oxygen atoms in total. The van der Waals surface area contributed by atoms with Crippen LogP contribution in [0.15, 0.2) is 29.6 Å². The van der Waals surface area contributed by atoms with Crippen molar-refractivity contribution in [2.45, 2.75) is 19.2 Å². The van der Waals surface area contributed by atoms with Crippen LogP contribution in [0.5, 0.6) is 0 Å². The zero-order valence-electron chi connectivity index (χ0n) is 11.9. The topological polar surface area (TPSA) is 51.2 Å². The average molecular weight is 348 g/mol. The van der Waals surface area contributed by atoms with Crippen molar-refractivity contribution in [1.29, 1.82) is 0 Å². The highest BCUT2D eigenvalue weighted by molar-refractivity contribution is 7.14. The summed E-state index contributed by atoms with van der Waals surface area (Å²) < 4.78 is 53.7. The Bertz CT molecular complexity index is 687. The van der Waals surface area contributed by atoms with Gasteiger partial charge < -0.3 is 4.74 Å². The van der Waals surface area contributed by atoms with Crippen molar-refractivity contribution in [1.82, 2.24) is 4.98 Å². The minimum absolute atomic E-state index is 0.191. The number of amides is 1. The zero-order valence-corrected chi connectivity index (χ0v) is 12.7. The van der Waals surface area contributed by atoms with Crippen LogP contribution in [-0.2, 0) is 9.53 Å². The van der Waals surface area contributed by atoms with Crippen molar-refractivity contribution in [3.05, 3.63) is 35.5 Å². The van der Waals surface area contributed by atoms with E-state index in [0.29, 0.717) is 11.3 Å². The molecule has 1 amide bonds. The number of hydrogen-bond donors (Lipinski definition) is 1. The van der Waals surface area contributed by atoms with E-state index >= 15 is 0 Å². The maximum Gasteiger partial charge on any atom is 0.411 e. The predicted octanol–water partition coefficient (Wildman–Crippen LogP) is 3.86. The lowest BCUT2D eigenvalue weighted by Crippen LogP contribution is -2.31. The standard InChI is InChI=1S/C14H12F4N2O2S/c1-8(22-7-14(16,17)18)12(21)20-13-19-11(6-23-13)9-3-2-4-10(15)5-9/h2-6,8H,7H2,1H3,(H,19,20,21)/t8-/m1/s1. The second kappa shape index (κ2) is 7.05. The molecule has 0 bridgehead atoms. The SMILES string of the molecule is C[C@@H](OCC(F)(F)F)C(=O)Nc1nc(-c2cccc(F)c2)cs1. The van der Waals surface area contributed by atoms with Gasteiger partial charge in [-0.05, 0) is 19.1 Å². The summed E-state index contributed by atoms with van der Waals surface area (Å²) >= 11 is 1.08. The summed E-state index contributed by atoms with van der Waals surface area (Å²) in [6, 6.07) is 5.75. The van der Waals surface area contributed by atoms with E-state index in [4.69, 9.17) is 0 Å². The second-order valence-electron chi connectivity index (χ2n) is 4.61. The van der Waals surface area contributed by atoms with Crippen LogP contribution in [0.25, 0.3) is 11.3 Å². The van der Waals surface area contributed by atoms with E-state index in [-0.39, 0.29) is 5.13 Å². The molecule has 1 aromatic heterocycles. The summed E-state index contributed by atoms with van der Waals surface area (Å²) in [7, 11) is 0. The number of halogens is 4. The molecule has 1 atom stereocenters. The van der Waals surface area contributed by atoms with Crippen LogP contribution in [0.3, 0.4) is 0 Å². The monoisotopic (exact) mass is 348 g/mol. The van der Waals surface area contributed by atoms with Crippen molar-refractivity contribution in [2.24, 2.45) is 0 Å². The summed E-state index contributed by atoms with van der Waals surface area (Å²) in [5.74, 6) is -1.16. The van der Waals surface area contributed by atoms with Crippen molar-refractivity contribution < 1.29 is 27.1 Å². The number of nitrogens with zero attached hydrogens (tertiary/aromatic N) is 1. The molecule has 0 radical (unpaired) electrons. The lowest BCUT2D eigenvalue weighted by atomic mass is 10.2. The Morgan fingerprint density at radius 1 is 1.43 bits per heavy atom. The Balaban J connectivity index is 1.97. The third kappa shape index (κ3) is 5.29. The van der Waals surface area contributed by atoms with Gasteiger partial charge in [-0.15, -0.1) is 11.3 Å². The predicted molar refractivity (Wildman–Crippen MR) is 77.6 cm³/mol. The Hall–Kier alpha value is -2.00. The number of carbonyl (C=O) groups is 1. The van der Waals surface area contributed by atoms with Crippen molar-refractivity contribution in [2.75, 3.05) is 11.9 Å². The van der Waals surface area contributed by atoms with E-state index in [1.54, 1.807) is 11.4 Å². The highest BCUT2D eigenvalue weighted by Crippen LogP contribution is 2.25. The van der Waals surface area contributed by atoms with Crippen molar-refractivity contribution in [3.8, 4) is 11.3 Å². The lowest BCUT2D eigenvalue weighted by molar-refractivity contribution is -0.184. The van der Waals surface area contributed by atoms with E-state index in [1.165, 1.54) is 25.1 Å². The fourth-order valence-electron chi connectivity index (χ4n) is 1.61. The number of benzene rings is 1. The van der Waals surface area contributed by atoms with Crippen LogP contribution in [0.2, 0.25) is 0 Å². The molecule has 1 heterocycles. The third-order valence-corrected chi connectivity index (χ3v) is 3.48. The molecule has 9 heteroatoms. The molecule has 1 aromatic carbocycles. The molecule has 0 aliphatic rings. The van der Waals surface area contributed by atoms with E-state index in [1.807, 2.05) is 0 Å². The average Bonchev–Trinajstić information content (AvgIpc) is 2.92. The maximum absolute atomic E-state index is 13.2. The van der Waals surface area contributed by atoms with E-state index in [2.05, 4.69) is 15.0 Å². The van der Waals surface area contributed by atoms with Gasteiger partial charge in [0.05, 0.1) is 5.69 Å². The van der Waals surface area contributed by atoms with Crippen molar-refractivity contribution in [3.63, 3.8) is 0 Å². The number of alkyl halides is 3. The Kier molecular flexibility index (Phi) is 5.32. The molecule has 23 heavy (non-hydrogen) atoms. The molecular weight excluding hydrogens is 336 g/mol. The first kappa shape index (κ1) is 17.4. The number of anilines is 1. The molecule has 0 aliphatic carbocycles. The molecule has 0 unspecified atom stereocenters. The number of hydrogen-bond acceptors (Lipinski definition) is 4. The normalized spacial score (nSPS) is 12.9. The van der Waals surface area contributed by atoms with Crippen LogP contribution in [0.1, 0.15) is 6.92 Å². The van der Waals surface area contributed by atoms with Gasteiger partial charge in [0.15, 0.2) is 5.13 Å². The summed E-state index contributed by atoms with van der Waals surface area (Å²) in [6.07, 6.45) is -5.78. The second-order valence-corrected chi connectivity index (χ2v) is 5.46. The fourth-order valence-corrected chi connectivity index (χ4v) is 2.34. The molecule has 1 N–H and O–H groups in total. The largest absolute Gasteiger partial charge is 0.411 e. The highest BCUT2D eigenvalue weighted by Gasteiger charge is 2.30. The molecule has 0 aliphatic heterocycles. The van der Waals surface area contributed by atoms with Gasteiger partial charge in [-0.25, -0.2) is 9.37 Å². The van der Waals surface area contributed by atoms with E-state index < -0.39 is 30.6 Å². The zero-order chi connectivity index (χ0) is 17.0. The number of thiazole rings is 1. The van der Waals surface area contributed by atoms with E-state index in [9.17, 15) is 22.4 Å². The number of rotatable bonds is 5. The van der Waals surface area contributed by atoms with Crippen LogP contribution in [0.4, 0.5) is 22.7 Å². The molecule has 124 valence electrons. The molecule has 2 rings (SSSR count). The first-order chi connectivity index (χ1) is 10.7. The summed E-state index contributed by atoms with van der Waals surface area (Å²) in [4.78, 5) is 15.8. The van der Waals surface area contributed by atoms with Crippen LogP contribution >= 0.6 is 11.3 Å². The fraction of sp³-hybridized carbons (Fsp3) is 0.286. The Labute approximate surface area is 133 Å². The Morgan fingerprint density at radius 3 is 2.83 bits per heavy atom. The highest BCUT2D eigenvalue weighted by atomic mass is 32.1. The van der Waals surface area contributed by atoms with Crippen molar-refractivity contribution >= 4 is 22.4 Å². The number of aromatic nitrogens is 1. The van der Waals surface area contributed by atoms with Gasteiger partial charge in [-0.1, -0.05) is 12.1 Å². The molecule has 0 saturated carbocycles. The molecular formula is C14H12F4N2O2S. The van der Waals surface area contributed by atoms with Gasteiger partial charge in [-0.2, -0.15) is 13.2 Å². The van der Waals surface area contributed by atoms with Gasteiger partial charge in [0, 0.05) is 10.9 Å². The first-order valence-electron chi connectivity index (χ1n) is 6.45. The summed E-state index contributed by atoms with van der Waals surface area (Å²) in [5.41, 5.74) is 0.983. The molecule has 0 fully saturated rings. The van der Waals surface area contributed by atoms with Gasteiger partial charge in [0.1, 0.15) is 18.5 Å². The maximum atomic E-state index is 13.2. The third-order valence-electron chi connectivity index (χ3n) is 2.72. The van der Waals surface area contributed by atoms with Gasteiger partial charge in [0.2, 0.25) is 0 Å². The molecule has 0 saturated heterocycles. The number of nitrogens with one attached hydrogen (secondary N) is 1. The molecule has 0 spiro atoms. The first-order valence-corrected chi connectivity index (χ1v) is 7.33. The minimum Gasteiger partial charge on any atom is -0.359 e. The minimum atomic E-state index is -4.50. The van der Waals surface area contributed by atoms with Gasteiger partial charge >= 0.3 is 6.18 Å². The lowest BCUT2D eigenvalue weighted by Gasteiger charge is -2.13. The van der Waals surface area contributed by atoms with Crippen LogP contribution < -0.4 is 5.32 Å². The Morgan fingerprint density at radius 2 is 2.17 bits per heavy atom.